The number of nitrogens with one attached hydrogen (secondary N) is 1. The highest BCUT2D eigenvalue weighted by Gasteiger charge is 2.43. The van der Waals surface area contributed by atoms with Crippen LogP contribution < -0.4 is 15.7 Å². The molecular weight excluding hydrogens is 595 g/mol. The van der Waals surface area contributed by atoms with E-state index in [1.165, 1.54) is 28.7 Å². The summed E-state index contributed by atoms with van der Waals surface area (Å²) in [6.45, 7) is 7.44. The van der Waals surface area contributed by atoms with Crippen molar-refractivity contribution in [3.63, 3.8) is 0 Å². The fourth-order valence-corrected chi connectivity index (χ4v) is 6.49. The number of hydrogen-bond donors (Lipinski definition) is 1. The maximum Gasteiger partial charge on any atom is 0.416 e. The Hall–Kier alpha value is -4.94. The summed E-state index contributed by atoms with van der Waals surface area (Å²) in [6, 6.07) is 11.0. The number of nitriles is 1. The van der Waals surface area contributed by atoms with Gasteiger partial charge in [0.05, 0.1) is 49.5 Å². The highest BCUT2D eigenvalue weighted by Crippen LogP contribution is 2.44. The van der Waals surface area contributed by atoms with Gasteiger partial charge in [0.1, 0.15) is 12.6 Å². The number of aromatic amines is 1. The molecule has 3 fully saturated rings. The number of rotatable bonds is 5. The van der Waals surface area contributed by atoms with E-state index in [2.05, 4.69) is 21.2 Å². The smallest absolute Gasteiger partial charge is 0.416 e. The van der Waals surface area contributed by atoms with Gasteiger partial charge in [-0.2, -0.15) is 18.4 Å². The second-order valence-electron chi connectivity index (χ2n) is 11.1. The average Bonchev–Trinajstić information content (AvgIpc) is 3.41. The number of carbonyl (C=O) groups is 2. The van der Waals surface area contributed by atoms with Gasteiger partial charge in [-0.25, -0.2) is 19.3 Å². The fourth-order valence-electron chi connectivity index (χ4n) is 6.49. The predicted octanol–water partition coefficient (Wildman–Crippen LogP) is 1.66. The number of fused-ring (bicyclic) bond motifs is 4. The largest absolute Gasteiger partial charge is 0.554 e. The van der Waals surface area contributed by atoms with Crippen molar-refractivity contribution in [2.75, 3.05) is 51.3 Å². The number of carbonyl (C=O) groups excluding carboxylic acids is 2. The Morgan fingerprint density at radius 2 is 1.87 bits per heavy atom. The number of nitrogens with zero attached hydrogens (tertiary/aromatic N) is 6. The number of allylic oxidation sites excluding steroid dienone is 1. The van der Waals surface area contributed by atoms with Crippen LogP contribution in [0.3, 0.4) is 0 Å². The lowest BCUT2D eigenvalue weighted by Gasteiger charge is -2.51. The van der Waals surface area contributed by atoms with E-state index in [9.17, 15) is 28.0 Å². The van der Waals surface area contributed by atoms with Crippen LogP contribution in [0.4, 0.5) is 24.8 Å². The molecule has 0 saturated carbocycles. The SMILES string of the molecule is COC(=O)C1=C(C)N(c2cccc(C(F)(F)F)c2)c2n[nH]c(=O)n2C1c1ccc(C#N)cc1C[N+]12CCN(CC1)CC2.O=C[O-]. The number of esters is 1. The van der Waals surface area contributed by atoms with E-state index < -0.39 is 35.9 Å². The Bertz CT molecular complexity index is 1740. The van der Waals surface area contributed by atoms with Gasteiger partial charge in [0.25, 0.3) is 0 Å². The van der Waals surface area contributed by atoms with Crippen LogP contribution in [0.2, 0.25) is 0 Å². The first-order valence-corrected chi connectivity index (χ1v) is 14.1. The fraction of sp³-hybridized carbons (Fsp3) is 0.367. The summed E-state index contributed by atoms with van der Waals surface area (Å²) < 4.78 is 48.2. The second kappa shape index (κ2) is 12.2. The lowest BCUT2D eigenvalue weighted by molar-refractivity contribution is -0.953. The maximum absolute atomic E-state index is 13.6. The van der Waals surface area contributed by atoms with E-state index in [4.69, 9.17) is 14.6 Å². The first-order valence-electron chi connectivity index (χ1n) is 14.1. The number of methoxy groups -OCH3 is 1. The molecule has 2 aromatic carbocycles. The molecule has 0 radical (unpaired) electrons. The number of ether oxygens (including phenoxy) is 1. The molecule has 5 heterocycles. The third-order valence-corrected chi connectivity index (χ3v) is 8.72. The third kappa shape index (κ3) is 5.81. The monoisotopic (exact) mass is 625 g/mol. The highest BCUT2D eigenvalue weighted by molar-refractivity contribution is 5.93. The quantitative estimate of drug-likeness (QED) is 0.254. The van der Waals surface area contributed by atoms with Crippen molar-refractivity contribution in [2.24, 2.45) is 0 Å². The number of H-pyrrole nitrogens is 1. The molecule has 12 nitrogen and oxygen atoms in total. The van der Waals surface area contributed by atoms with Crippen LogP contribution in [0.15, 0.2) is 58.5 Å². The predicted molar refractivity (Wildman–Crippen MR) is 152 cm³/mol. The summed E-state index contributed by atoms with van der Waals surface area (Å²) in [4.78, 5) is 38.9. The summed E-state index contributed by atoms with van der Waals surface area (Å²) >= 11 is 0. The minimum Gasteiger partial charge on any atom is -0.554 e. The number of hydrogen-bond acceptors (Lipinski definition) is 9. The maximum atomic E-state index is 13.6. The number of alkyl halides is 3. The highest BCUT2D eigenvalue weighted by atomic mass is 19.4. The van der Waals surface area contributed by atoms with E-state index in [0.29, 0.717) is 17.7 Å². The normalized spacial score (nSPS) is 22.2. The van der Waals surface area contributed by atoms with Crippen LogP contribution in [0, 0.1) is 11.3 Å². The Morgan fingerprint density at radius 3 is 2.47 bits per heavy atom. The minimum atomic E-state index is -4.60. The van der Waals surface area contributed by atoms with Crippen molar-refractivity contribution < 1.29 is 37.1 Å². The number of piperazine rings is 3. The molecule has 4 aliphatic heterocycles. The summed E-state index contributed by atoms with van der Waals surface area (Å²) in [5, 5.41) is 24.6. The lowest BCUT2D eigenvalue weighted by atomic mass is 9.89. The Balaban J connectivity index is 0.00000128. The molecule has 3 aromatic rings. The first kappa shape index (κ1) is 31.5. The Kier molecular flexibility index (Phi) is 8.55. The standard InChI is InChI=1S/C29H28F3N7O3.CH2O2/c1-18-24(26(40)42-2)25(23-7-6-19(16-33)14-20(23)17-39-11-8-36(9-12-39)10-13-39)38-27(34-35-28(38)41)37(18)22-5-3-4-21(15-22)29(30,31)32;2-1-3/h3-7,14-15,25H,8-13,17H2,1-2H3;1H,(H,2,3). The summed E-state index contributed by atoms with van der Waals surface area (Å²) in [5.41, 5.74) is 0.791. The molecule has 3 saturated heterocycles. The molecular formula is C30H30F3N7O5. The van der Waals surface area contributed by atoms with Crippen molar-refractivity contribution in [1.29, 1.82) is 5.26 Å². The molecule has 1 N–H and O–H groups in total. The Labute approximate surface area is 255 Å². The Morgan fingerprint density at radius 1 is 1.20 bits per heavy atom. The zero-order chi connectivity index (χ0) is 32.5. The average molecular weight is 626 g/mol. The van der Waals surface area contributed by atoms with E-state index >= 15 is 0 Å². The minimum absolute atomic E-state index is 0.0309. The van der Waals surface area contributed by atoms with Crippen molar-refractivity contribution in [2.45, 2.75) is 25.7 Å². The van der Waals surface area contributed by atoms with Crippen LogP contribution in [-0.4, -0.2) is 83.0 Å². The summed E-state index contributed by atoms with van der Waals surface area (Å²) in [5.74, 6) is -0.703. The summed E-state index contributed by atoms with van der Waals surface area (Å²) in [7, 11) is 1.22. The molecule has 236 valence electrons. The van der Waals surface area contributed by atoms with Crippen LogP contribution in [0.25, 0.3) is 0 Å². The second-order valence-corrected chi connectivity index (χ2v) is 11.1. The van der Waals surface area contributed by atoms with Crippen molar-refractivity contribution in [3.05, 3.63) is 86.5 Å². The van der Waals surface area contributed by atoms with Crippen LogP contribution in [0.1, 0.15) is 35.2 Å². The molecule has 45 heavy (non-hydrogen) atoms. The number of halogens is 3. The molecule has 0 amide bonds. The van der Waals surface area contributed by atoms with Gasteiger partial charge in [-0.05, 0) is 42.8 Å². The van der Waals surface area contributed by atoms with E-state index in [-0.39, 0.29) is 22.9 Å². The van der Waals surface area contributed by atoms with Gasteiger partial charge in [-0.3, -0.25) is 9.80 Å². The van der Waals surface area contributed by atoms with Gasteiger partial charge in [-0.1, -0.05) is 12.1 Å². The van der Waals surface area contributed by atoms with Gasteiger partial charge in [-0.15, -0.1) is 5.10 Å². The molecule has 1 unspecified atom stereocenters. The van der Waals surface area contributed by atoms with Gasteiger partial charge in [0, 0.05) is 43.1 Å². The number of benzene rings is 2. The zero-order valence-corrected chi connectivity index (χ0v) is 24.5. The number of carboxylic acid groups (broad SMARTS) is 1. The van der Waals surface area contributed by atoms with Gasteiger partial charge >= 0.3 is 17.8 Å². The van der Waals surface area contributed by atoms with Gasteiger partial charge in [0.15, 0.2) is 0 Å². The topological polar surface area (TPSA) is 147 Å². The molecule has 4 aliphatic rings. The summed E-state index contributed by atoms with van der Waals surface area (Å²) in [6.07, 6.45) is -4.60. The van der Waals surface area contributed by atoms with Crippen molar-refractivity contribution >= 4 is 24.1 Å². The molecule has 0 aliphatic carbocycles. The molecule has 7 rings (SSSR count). The van der Waals surface area contributed by atoms with E-state index in [1.807, 2.05) is 0 Å². The lowest BCUT2D eigenvalue weighted by Crippen LogP contribution is -2.66. The van der Waals surface area contributed by atoms with Crippen LogP contribution in [0.5, 0.6) is 0 Å². The number of anilines is 2. The number of quaternary nitrogens is 1. The van der Waals surface area contributed by atoms with Crippen molar-refractivity contribution in [3.8, 4) is 6.07 Å². The molecule has 0 spiro atoms. The van der Waals surface area contributed by atoms with Gasteiger partial charge < -0.3 is 19.1 Å². The molecule has 2 bridgehead atoms. The van der Waals surface area contributed by atoms with Gasteiger partial charge in [0.2, 0.25) is 5.95 Å². The third-order valence-electron chi connectivity index (χ3n) is 8.72. The zero-order valence-electron chi connectivity index (χ0n) is 24.5. The first-order chi connectivity index (χ1) is 21.5. The molecule has 15 heteroatoms. The molecule has 1 aromatic heterocycles. The van der Waals surface area contributed by atoms with E-state index in [1.54, 1.807) is 25.1 Å². The molecule has 1 atom stereocenters. The van der Waals surface area contributed by atoms with Crippen LogP contribution >= 0.6 is 0 Å². The van der Waals surface area contributed by atoms with E-state index in [0.717, 1.165) is 61.4 Å². The van der Waals surface area contributed by atoms with Crippen LogP contribution in [-0.2, 0) is 27.0 Å². The number of aromatic nitrogens is 3. The van der Waals surface area contributed by atoms with Crippen molar-refractivity contribution in [1.82, 2.24) is 19.7 Å².